The van der Waals surface area contributed by atoms with E-state index in [1.54, 1.807) is 0 Å². The number of carbonyl (C=O) groups excluding carboxylic acids is 1. The number of benzene rings is 1. The van der Waals surface area contributed by atoms with E-state index >= 15 is 0 Å². The maximum Gasteiger partial charge on any atom is 0.305 e. The van der Waals surface area contributed by atoms with Gasteiger partial charge in [-0.1, -0.05) is 6.42 Å². The number of nitrogens with two attached hydrogens (primary N) is 1. The summed E-state index contributed by atoms with van der Waals surface area (Å²) >= 11 is 0. The van der Waals surface area contributed by atoms with Crippen molar-refractivity contribution < 1.29 is 22.3 Å². The van der Waals surface area contributed by atoms with Crippen LogP contribution >= 0.6 is 0 Å². The van der Waals surface area contributed by atoms with Crippen LogP contribution < -0.4 is 10.5 Å². The van der Waals surface area contributed by atoms with Gasteiger partial charge in [0.1, 0.15) is 5.82 Å². The summed E-state index contributed by atoms with van der Waals surface area (Å²) in [6.45, 7) is 0.521. The van der Waals surface area contributed by atoms with Crippen LogP contribution in [0, 0.1) is 5.82 Å². The predicted molar refractivity (Wildman–Crippen MR) is 76.7 cm³/mol. The Balaban J connectivity index is 2.38. The van der Waals surface area contributed by atoms with Crippen LogP contribution in [0.4, 0.5) is 10.1 Å². The summed E-state index contributed by atoms with van der Waals surface area (Å²) in [5.41, 5.74) is 0.218. The van der Waals surface area contributed by atoms with Crippen LogP contribution in [0.25, 0.3) is 0 Å². The zero-order valence-corrected chi connectivity index (χ0v) is 12.6. The topological polar surface area (TPSA) is 98.5 Å². The Morgan fingerprint density at radius 3 is 2.62 bits per heavy atom. The molecule has 6 nitrogen and oxygen atoms in total. The molecule has 0 aliphatic heterocycles. The van der Waals surface area contributed by atoms with Crippen molar-refractivity contribution in [3.05, 3.63) is 24.0 Å². The Kier molecular flexibility index (Phi) is 6.57. The molecule has 0 bridgehead atoms. The van der Waals surface area contributed by atoms with E-state index in [0.717, 1.165) is 18.9 Å². The number of sulfonamides is 1. The third-order valence-electron chi connectivity index (χ3n) is 2.87. The van der Waals surface area contributed by atoms with Crippen molar-refractivity contribution in [2.75, 3.05) is 19.0 Å². The van der Waals surface area contributed by atoms with E-state index in [1.807, 2.05) is 0 Å². The Labute approximate surface area is 123 Å². The van der Waals surface area contributed by atoms with E-state index in [1.165, 1.54) is 19.2 Å². The molecule has 3 N–H and O–H groups in total. The first-order chi connectivity index (χ1) is 9.84. The van der Waals surface area contributed by atoms with Gasteiger partial charge >= 0.3 is 5.97 Å². The smallest absolute Gasteiger partial charge is 0.305 e. The highest BCUT2D eigenvalue weighted by molar-refractivity contribution is 7.89. The molecule has 0 aliphatic carbocycles. The first kappa shape index (κ1) is 17.4. The molecule has 0 fully saturated rings. The molecule has 8 heteroatoms. The van der Waals surface area contributed by atoms with Gasteiger partial charge in [-0.05, 0) is 31.0 Å². The van der Waals surface area contributed by atoms with E-state index < -0.39 is 15.8 Å². The van der Waals surface area contributed by atoms with Gasteiger partial charge in [0, 0.05) is 13.0 Å². The van der Waals surface area contributed by atoms with Crippen molar-refractivity contribution in [3.63, 3.8) is 0 Å². The molecule has 0 saturated heterocycles. The number of ether oxygens (including phenoxy) is 1. The van der Waals surface area contributed by atoms with E-state index in [-0.39, 0.29) is 16.6 Å². The van der Waals surface area contributed by atoms with E-state index in [0.29, 0.717) is 19.4 Å². The molecular formula is C13H19FN2O4S. The van der Waals surface area contributed by atoms with Gasteiger partial charge in [0.2, 0.25) is 10.0 Å². The average molecular weight is 318 g/mol. The van der Waals surface area contributed by atoms with Crippen LogP contribution in [0.3, 0.4) is 0 Å². The van der Waals surface area contributed by atoms with Gasteiger partial charge in [-0.25, -0.2) is 17.9 Å². The second-order valence-electron chi connectivity index (χ2n) is 4.50. The minimum atomic E-state index is -3.90. The van der Waals surface area contributed by atoms with Gasteiger partial charge in [-0.2, -0.15) is 0 Å². The Morgan fingerprint density at radius 2 is 2.05 bits per heavy atom. The van der Waals surface area contributed by atoms with Gasteiger partial charge in [-0.3, -0.25) is 4.79 Å². The number of esters is 1. The fourth-order valence-corrected chi connectivity index (χ4v) is 2.24. The van der Waals surface area contributed by atoms with Gasteiger partial charge in [0.05, 0.1) is 17.7 Å². The lowest BCUT2D eigenvalue weighted by atomic mass is 10.2. The zero-order chi connectivity index (χ0) is 15.9. The number of unbranched alkanes of at least 4 members (excludes halogenated alkanes) is 2. The van der Waals surface area contributed by atoms with Crippen molar-refractivity contribution in [2.24, 2.45) is 5.14 Å². The largest absolute Gasteiger partial charge is 0.469 e. The molecule has 1 aromatic carbocycles. The summed E-state index contributed by atoms with van der Waals surface area (Å²) in [6.07, 6.45) is 2.64. The van der Waals surface area contributed by atoms with Crippen LogP contribution in [0.15, 0.2) is 23.1 Å². The fraction of sp³-hybridized carbons (Fsp3) is 0.462. The highest BCUT2D eigenvalue weighted by atomic mass is 32.2. The van der Waals surface area contributed by atoms with Crippen LogP contribution in [-0.4, -0.2) is 28.0 Å². The van der Waals surface area contributed by atoms with Crippen LogP contribution in [0.1, 0.15) is 25.7 Å². The lowest BCUT2D eigenvalue weighted by Gasteiger charge is -2.08. The summed E-state index contributed by atoms with van der Waals surface area (Å²) in [4.78, 5) is 10.6. The molecule has 0 saturated carbocycles. The molecule has 1 aromatic rings. The highest BCUT2D eigenvalue weighted by Gasteiger charge is 2.11. The first-order valence-corrected chi connectivity index (χ1v) is 8.02. The summed E-state index contributed by atoms with van der Waals surface area (Å²) in [5, 5.41) is 7.78. The van der Waals surface area contributed by atoms with Crippen LogP contribution in [0.2, 0.25) is 0 Å². The molecule has 118 valence electrons. The molecule has 1 rings (SSSR count). The van der Waals surface area contributed by atoms with Gasteiger partial charge < -0.3 is 10.1 Å². The summed E-state index contributed by atoms with van der Waals surface area (Å²) < 4.78 is 40.3. The number of hydrogen-bond acceptors (Lipinski definition) is 5. The number of rotatable bonds is 8. The lowest BCUT2D eigenvalue weighted by Crippen LogP contribution is -2.13. The molecule has 0 aliphatic rings. The van der Waals surface area contributed by atoms with Gasteiger partial charge in [-0.15, -0.1) is 0 Å². The quantitative estimate of drug-likeness (QED) is 0.560. The van der Waals surface area contributed by atoms with Crippen LogP contribution in [0.5, 0.6) is 0 Å². The first-order valence-electron chi connectivity index (χ1n) is 6.47. The number of methoxy groups -OCH3 is 1. The van der Waals surface area contributed by atoms with Crippen molar-refractivity contribution in [1.29, 1.82) is 0 Å². The molecule has 0 amide bonds. The molecule has 0 heterocycles. The number of primary sulfonamides is 1. The number of anilines is 1. The second-order valence-corrected chi connectivity index (χ2v) is 6.06. The van der Waals surface area contributed by atoms with Crippen molar-refractivity contribution >= 4 is 21.7 Å². The number of halogens is 1. The zero-order valence-electron chi connectivity index (χ0n) is 11.8. The summed E-state index contributed by atoms with van der Waals surface area (Å²) in [5.74, 6) is -0.913. The molecule has 0 radical (unpaired) electrons. The van der Waals surface area contributed by atoms with Crippen LogP contribution in [-0.2, 0) is 19.6 Å². The number of carbonyl (C=O) groups is 1. The maximum atomic E-state index is 13.7. The minimum absolute atomic E-state index is 0.218. The SMILES string of the molecule is COC(=O)CCCCCNc1ccc(S(N)(=O)=O)cc1F. The third kappa shape index (κ3) is 6.09. The Hall–Kier alpha value is -1.67. The number of hydrogen-bond donors (Lipinski definition) is 2. The van der Waals surface area contributed by atoms with Gasteiger partial charge in [0.15, 0.2) is 0 Å². The standard InChI is InChI=1S/C13H19FN2O4S/c1-20-13(17)5-3-2-4-8-16-12-7-6-10(9-11(12)14)21(15,18)19/h6-7,9,16H,2-5,8H2,1H3,(H2,15,18,19). The normalized spacial score (nSPS) is 11.2. The monoisotopic (exact) mass is 318 g/mol. The van der Waals surface area contributed by atoms with E-state index in [9.17, 15) is 17.6 Å². The van der Waals surface area contributed by atoms with E-state index in [4.69, 9.17) is 5.14 Å². The van der Waals surface area contributed by atoms with Gasteiger partial charge in [0.25, 0.3) is 0 Å². The molecule has 0 aromatic heterocycles. The fourth-order valence-electron chi connectivity index (χ4n) is 1.71. The molecule has 21 heavy (non-hydrogen) atoms. The molecule has 0 spiro atoms. The van der Waals surface area contributed by atoms with Crippen molar-refractivity contribution in [2.45, 2.75) is 30.6 Å². The van der Waals surface area contributed by atoms with Crippen molar-refractivity contribution in [3.8, 4) is 0 Å². The van der Waals surface area contributed by atoms with E-state index in [2.05, 4.69) is 10.1 Å². The Morgan fingerprint density at radius 1 is 1.33 bits per heavy atom. The predicted octanol–water partition coefficient (Wildman–Crippen LogP) is 1.62. The summed E-state index contributed by atoms with van der Waals surface area (Å²) in [7, 11) is -2.55. The summed E-state index contributed by atoms with van der Waals surface area (Å²) in [6, 6.07) is 3.47. The highest BCUT2D eigenvalue weighted by Crippen LogP contribution is 2.18. The third-order valence-corrected chi connectivity index (χ3v) is 3.78. The lowest BCUT2D eigenvalue weighted by molar-refractivity contribution is -0.140. The average Bonchev–Trinajstić information content (AvgIpc) is 2.42. The number of nitrogens with one attached hydrogen (secondary N) is 1. The maximum absolute atomic E-state index is 13.7. The molecule has 0 atom stereocenters. The second kappa shape index (κ2) is 7.94. The minimum Gasteiger partial charge on any atom is -0.469 e. The Bertz CT molecular complexity index is 590. The molecule has 0 unspecified atom stereocenters. The van der Waals surface area contributed by atoms with Crippen molar-refractivity contribution in [1.82, 2.24) is 0 Å². The molecular weight excluding hydrogens is 299 g/mol.